The van der Waals surface area contributed by atoms with E-state index in [2.05, 4.69) is 62.4 Å². The number of thiophene rings is 1. The highest BCUT2D eigenvalue weighted by atomic mass is 32.1. The molecular weight excluding hydrogens is 318 g/mol. The normalized spacial score (nSPS) is 14.6. The van der Waals surface area contributed by atoms with E-state index < -0.39 is 0 Å². The van der Waals surface area contributed by atoms with Crippen LogP contribution < -0.4 is 10.2 Å². The lowest BCUT2D eigenvalue weighted by atomic mass is 10.1. The molecule has 0 unspecified atom stereocenters. The van der Waals surface area contributed by atoms with Crippen LogP contribution in [0.4, 0.5) is 17.2 Å². The van der Waals surface area contributed by atoms with E-state index in [1.807, 2.05) is 12.3 Å². The van der Waals surface area contributed by atoms with Crippen LogP contribution >= 0.6 is 11.3 Å². The first-order valence-corrected chi connectivity index (χ1v) is 9.01. The summed E-state index contributed by atoms with van der Waals surface area (Å²) < 4.78 is 5.40. The second-order valence-corrected chi connectivity index (χ2v) is 6.50. The van der Waals surface area contributed by atoms with Gasteiger partial charge < -0.3 is 15.0 Å². The highest BCUT2D eigenvalue weighted by molar-refractivity contribution is 7.08. The van der Waals surface area contributed by atoms with Crippen molar-refractivity contribution in [3.63, 3.8) is 0 Å². The van der Waals surface area contributed by atoms with Crippen LogP contribution in [0.1, 0.15) is 0 Å². The molecule has 122 valence electrons. The van der Waals surface area contributed by atoms with Gasteiger partial charge in [-0.1, -0.05) is 0 Å². The zero-order valence-corrected chi connectivity index (χ0v) is 14.1. The topological polar surface area (TPSA) is 37.4 Å². The van der Waals surface area contributed by atoms with Gasteiger partial charge in [-0.2, -0.15) is 11.3 Å². The molecule has 1 fully saturated rings. The molecule has 0 atom stereocenters. The van der Waals surface area contributed by atoms with E-state index in [1.54, 1.807) is 11.3 Å². The van der Waals surface area contributed by atoms with E-state index in [0.29, 0.717) is 0 Å². The Bertz CT molecular complexity index is 763. The van der Waals surface area contributed by atoms with Gasteiger partial charge in [0.15, 0.2) is 0 Å². The van der Waals surface area contributed by atoms with Crippen molar-refractivity contribution >= 4 is 28.5 Å². The summed E-state index contributed by atoms with van der Waals surface area (Å²) in [5.41, 5.74) is 4.64. The summed E-state index contributed by atoms with van der Waals surface area (Å²) in [6.07, 6.45) is 1.91. The maximum absolute atomic E-state index is 5.40. The summed E-state index contributed by atoms with van der Waals surface area (Å²) in [5, 5.41) is 7.57. The lowest BCUT2D eigenvalue weighted by Crippen LogP contribution is -2.36. The maximum Gasteiger partial charge on any atom is 0.130 e. The summed E-state index contributed by atoms with van der Waals surface area (Å²) in [6.45, 7) is 3.53. The minimum absolute atomic E-state index is 0.806. The second kappa shape index (κ2) is 7.03. The Hall–Kier alpha value is -2.37. The number of nitrogens with one attached hydrogen (secondary N) is 1. The highest BCUT2D eigenvalue weighted by Gasteiger charge is 2.10. The number of nitrogens with zero attached hydrogens (tertiary/aromatic N) is 2. The molecule has 2 aromatic heterocycles. The highest BCUT2D eigenvalue weighted by Crippen LogP contribution is 2.24. The Morgan fingerprint density at radius 3 is 2.46 bits per heavy atom. The minimum Gasteiger partial charge on any atom is -0.378 e. The van der Waals surface area contributed by atoms with E-state index >= 15 is 0 Å². The minimum atomic E-state index is 0.806. The molecular formula is C19H19N3OS. The van der Waals surface area contributed by atoms with Crippen LogP contribution in [0.25, 0.3) is 11.1 Å². The lowest BCUT2D eigenvalue weighted by molar-refractivity contribution is 0.122. The molecule has 1 aliphatic rings. The predicted octanol–water partition coefficient (Wildman–Crippen LogP) is 4.39. The molecule has 3 aromatic rings. The number of morpholine rings is 1. The molecule has 1 aliphatic heterocycles. The number of hydrogen-bond donors (Lipinski definition) is 1. The summed E-state index contributed by atoms with van der Waals surface area (Å²) in [7, 11) is 0. The SMILES string of the molecule is c1cc(-c2ccc(Nc3ccc(N4CCOCC4)cc3)nc2)cs1. The largest absolute Gasteiger partial charge is 0.378 e. The molecule has 4 rings (SSSR count). The Kier molecular flexibility index (Phi) is 4.44. The molecule has 0 saturated carbocycles. The molecule has 4 nitrogen and oxygen atoms in total. The molecule has 0 aliphatic carbocycles. The average Bonchev–Trinajstić information content (AvgIpc) is 3.18. The standard InChI is InChI=1S/C19H19N3OS/c1-6-19(20-13-15(1)16-7-12-24-14-16)21-17-2-4-18(5-3-17)22-8-10-23-11-9-22/h1-7,12-14H,8-11H2,(H,20,21). The van der Waals surface area contributed by atoms with Gasteiger partial charge in [0.2, 0.25) is 0 Å². The van der Waals surface area contributed by atoms with Gasteiger partial charge in [-0.25, -0.2) is 4.98 Å². The summed E-state index contributed by atoms with van der Waals surface area (Å²) >= 11 is 1.70. The lowest BCUT2D eigenvalue weighted by Gasteiger charge is -2.28. The van der Waals surface area contributed by atoms with Gasteiger partial charge in [-0.05, 0) is 58.8 Å². The second-order valence-electron chi connectivity index (χ2n) is 5.72. The van der Waals surface area contributed by atoms with Gasteiger partial charge in [0.05, 0.1) is 13.2 Å². The fourth-order valence-electron chi connectivity index (χ4n) is 2.79. The van der Waals surface area contributed by atoms with Crippen molar-refractivity contribution in [3.8, 4) is 11.1 Å². The predicted molar refractivity (Wildman–Crippen MR) is 100 cm³/mol. The Morgan fingerprint density at radius 2 is 1.79 bits per heavy atom. The van der Waals surface area contributed by atoms with E-state index in [9.17, 15) is 0 Å². The number of anilines is 3. The molecule has 0 radical (unpaired) electrons. The van der Waals surface area contributed by atoms with E-state index in [0.717, 1.165) is 43.4 Å². The molecule has 0 spiro atoms. The van der Waals surface area contributed by atoms with Crippen LogP contribution in [0.15, 0.2) is 59.4 Å². The van der Waals surface area contributed by atoms with Crippen LogP contribution in [-0.2, 0) is 4.74 Å². The van der Waals surface area contributed by atoms with E-state index in [-0.39, 0.29) is 0 Å². The van der Waals surface area contributed by atoms with Crippen molar-refractivity contribution in [2.45, 2.75) is 0 Å². The smallest absolute Gasteiger partial charge is 0.130 e. The third-order valence-corrected chi connectivity index (χ3v) is 4.82. The van der Waals surface area contributed by atoms with Crippen molar-refractivity contribution < 1.29 is 4.74 Å². The zero-order valence-electron chi connectivity index (χ0n) is 13.3. The van der Waals surface area contributed by atoms with Gasteiger partial charge in [-0.15, -0.1) is 0 Å². The summed E-state index contributed by atoms with van der Waals surface area (Å²) in [6, 6.07) is 14.7. The first-order chi connectivity index (χ1) is 11.9. The number of rotatable bonds is 4. The van der Waals surface area contributed by atoms with Crippen molar-refractivity contribution in [2.75, 3.05) is 36.5 Å². The maximum atomic E-state index is 5.40. The first-order valence-electron chi connectivity index (χ1n) is 8.07. The Morgan fingerprint density at radius 1 is 0.958 bits per heavy atom. The van der Waals surface area contributed by atoms with Crippen molar-refractivity contribution in [1.29, 1.82) is 0 Å². The molecule has 3 heterocycles. The fourth-order valence-corrected chi connectivity index (χ4v) is 3.46. The van der Waals surface area contributed by atoms with Gasteiger partial charge in [0, 0.05) is 36.2 Å². The monoisotopic (exact) mass is 337 g/mol. The third-order valence-electron chi connectivity index (χ3n) is 4.13. The molecule has 1 N–H and O–H groups in total. The average molecular weight is 337 g/mol. The number of aromatic nitrogens is 1. The molecule has 1 aromatic carbocycles. The Labute approximate surface area is 145 Å². The van der Waals surface area contributed by atoms with E-state index in [1.165, 1.54) is 11.3 Å². The fraction of sp³-hybridized carbons (Fsp3) is 0.211. The van der Waals surface area contributed by atoms with Gasteiger partial charge in [0.25, 0.3) is 0 Å². The van der Waals surface area contributed by atoms with Crippen LogP contribution in [0.3, 0.4) is 0 Å². The molecule has 1 saturated heterocycles. The zero-order chi connectivity index (χ0) is 16.2. The van der Waals surface area contributed by atoms with Crippen molar-refractivity contribution in [3.05, 3.63) is 59.4 Å². The van der Waals surface area contributed by atoms with Crippen LogP contribution in [0.5, 0.6) is 0 Å². The summed E-state index contributed by atoms with van der Waals surface area (Å²) in [4.78, 5) is 6.86. The van der Waals surface area contributed by atoms with Crippen molar-refractivity contribution in [1.82, 2.24) is 4.98 Å². The molecule has 24 heavy (non-hydrogen) atoms. The molecule has 0 bridgehead atoms. The van der Waals surface area contributed by atoms with Crippen molar-refractivity contribution in [2.24, 2.45) is 0 Å². The van der Waals surface area contributed by atoms with Crippen LogP contribution in [-0.4, -0.2) is 31.3 Å². The van der Waals surface area contributed by atoms with Gasteiger partial charge in [0.1, 0.15) is 5.82 Å². The first kappa shape index (κ1) is 15.2. The molecule has 0 amide bonds. The molecule has 5 heteroatoms. The van der Waals surface area contributed by atoms with Crippen LogP contribution in [0, 0.1) is 0 Å². The summed E-state index contributed by atoms with van der Waals surface area (Å²) in [5.74, 6) is 0.855. The van der Waals surface area contributed by atoms with Gasteiger partial charge >= 0.3 is 0 Å². The van der Waals surface area contributed by atoms with E-state index in [4.69, 9.17) is 4.74 Å². The van der Waals surface area contributed by atoms with Crippen LogP contribution in [0.2, 0.25) is 0 Å². The quantitative estimate of drug-likeness (QED) is 0.766. The number of benzene rings is 1. The third kappa shape index (κ3) is 3.42. The number of hydrogen-bond acceptors (Lipinski definition) is 5. The Balaban J connectivity index is 1.43. The number of ether oxygens (including phenoxy) is 1. The van der Waals surface area contributed by atoms with Gasteiger partial charge in [-0.3, -0.25) is 0 Å². The number of pyridine rings is 1.